The molecule has 0 atom stereocenters. The van der Waals surface area contributed by atoms with E-state index in [0.717, 1.165) is 5.69 Å². The third-order valence-electron chi connectivity index (χ3n) is 2.06. The van der Waals surface area contributed by atoms with Crippen molar-refractivity contribution in [1.29, 1.82) is 0 Å². The molecule has 0 saturated carbocycles. The van der Waals surface area contributed by atoms with Crippen LogP contribution in [0.15, 0.2) is 35.3 Å². The average molecular weight is 190 g/mol. The first kappa shape index (κ1) is 8.90. The van der Waals surface area contributed by atoms with Crippen LogP contribution in [-0.2, 0) is 4.79 Å². The molecule has 14 heavy (non-hydrogen) atoms. The van der Waals surface area contributed by atoms with Gasteiger partial charge in [-0.25, -0.2) is 0 Å². The van der Waals surface area contributed by atoms with Crippen LogP contribution >= 0.6 is 0 Å². The number of para-hydroxylation sites is 1. The molecule has 0 unspecified atom stereocenters. The van der Waals surface area contributed by atoms with Gasteiger partial charge in [-0.1, -0.05) is 18.2 Å². The number of carbonyl (C=O) groups is 1. The van der Waals surface area contributed by atoms with Crippen LogP contribution in [0.25, 0.3) is 0 Å². The number of amidine groups is 1. The van der Waals surface area contributed by atoms with E-state index in [0.29, 0.717) is 5.84 Å². The van der Waals surface area contributed by atoms with E-state index in [9.17, 15) is 4.79 Å². The first-order valence-corrected chi connectivity index (χ1v) is 4.35. The molecule has 0 fully saturated rings. The Labute approximate surface area is 81.5 Å². The molecule has 72 valence electrons. The van der Waals surface area contributed by atoms with E-state index in [1.807, 2.05) is 30.3 Å². The average Bonchev–Trinajstić information content (AvgIpc) is 2.61. The molecule has 1 aromatic carbocycles. The number of carbonyl (C=O) groups excluding carboxylic acids is 1. The fourth-order valence-electron chi connectivity index (χ4n) is 1.44. The zero-order valence-corrected chi connectivity index (χ0v) is 7.55. The van der Waals surface area contributed by atoms with Crippen LogP contribution in [0.2, 0.25) is 0 Å². The number of rotatable bonds is 2. The highest BCUT2D eigenvalue weighted by Crippen LogP contribution is 2.17. The number of nitrogens with zero attached hydrogens (tertiary/aromatic N) is 2. The minimum Gasteiger partial charge on any atom is -0.388 e. The predicted octanol–water partition coefficient (Wildman–Crippen LogP) is 0.424. The summed E-state index contributed by atoms with van der Waals surface area (Å²) in [4.78, 5) is 16.8. The molecule has 0 saturated heterocycles. The van der Waals surface area contributed by atoms with Crippen molar-refractivity contribution in [3.05, 3.63) is 30.3 Å². The molecule has 1 aliphatic heterocycles. The van der Waals surface area contributed by atoms with E-state index < -0.39 is 0 Å². The summed E-state index contributed by atoms with van der Waals surface area (Å²) in [6.07, 6.45) is 0. The standard InChI is InChI=1S/C10H10N2O2/c13-7-9-11-6-10(14)12(9)8-4-2-1-3-5-8/h1-5,13H,6-7H2. The second kappa shape index (κ2) is 3.59. The highest BCUT2D eigenvalue weighted by atomic mass is 16.3. The fourth-order valence-corrected chi connectivity index (χ4v) is 1.44. The number of benzene rings is 1. The lowest BCUT2D eigenvalue weighted by Crippen LogP contribution is -2.34. The van der Waals surface area contributed by atoms with Gasteiger partial charge in [0.15, 0.2) is 0 Å². The second-order valence-corrected chi connectivity index (χ2v) is 2.96. The highest BCUT2D eigenvalue weighted by Gasteiger charge is 2.25. The van der Waals surface area contributed by atoms with Crippen LogP contribution in [0.4, 0.5) is 5.69 Å². The lowest BCUT2D eigenvalue weighted by atomic mass is 10.3. The fraction of sp³-hybridized carbons (Fsp3) is 0.200. The largest absolute Gasteiger partial charge is 0.388 e. The molecule has 1 N–H and O–H groups in total. The highest BCUT2D eigenvalue weighted by molar-refractivity contribution is 6.21. The summed E-state index contributed by atoms with van der Waals surface area (Å²) in [6.45, 7) is -0.0780. The lowest BCUT2D eigenvalue weighted by molar-refractivity contribution is -0.115. The Kier molecular flexibility index (Phi) is 2.28. The van der Waals surface area contributed by atoms with Gasteiger partial charge in [-0.2, -0.15) is 0 Å². The molecule has 4 heteroatoms. The van der Waals surface area contributed by atoms with Crippen molar-refractivity contribution in [1.82, 2.24) is 0 Å². The maximum Gasteiger partial charge on any atom is 0.254 e. The Morgan fingerprint density at radius 1 is 1.36 bits per heavy atom. The Bertz CT molecular complexity index is 373. The maximum absolute atomic E-state index is 11.4. The number of hydrogen-bond donors (Lipinski definition) is 1. The van der Waals surface area contributed by atoms with Gasteiger partial charge in [0.25, 0.3) is 5.91 Å². The monoisotopic (exact) mass is 190 g/mol. The first-order valence-electron chi connectivity index (χ1n) is 4.35. The smallest absolute Gasteiger partial charge is 0.254 e. The Balaban J connectivity index is 2.34. The summed E-state index contributed by atoms with van der Waals surface area (Å²) in [5.74, 6) is 0.321. The van der Waals surface area contributed by atoms with Crippen LogP contribution in [0, 0.1) is 0 Å². The van der Waals surface area contributed by atoms with Gasteiger partial charge in [-0.15, -0.1) is 0 Å². The number of aliphatic hydroxyl groups excluding tert-OH is 1. The topological polar surface area (TPSA) is 52.9 Å². The first-order chi connectivity index (χ1) is 6.83. The summed E-state index contributed by atoms with van der Waals surface area (Å²) < 4.78 is 0. The van der Waals surface area contributed by atoms with E-state index >= 15 is 0 Å². The number of amides is 1. The number of anilines is 1. The van der Waals surface area contributed by atoms with Gasteiger partial charge in [0, 0.05) is 0 Å². The van der Waals surface area contributed by atoms with Crippen LogP contribution in [0.5, 0.6) is 0 Å². The van der Waals surface area contributed by atoms with Crippen molar-refractivity contribution in [3.8, 4) is 0 Å². The van der Waals surface area contributed by atoms with Crippen molar-refractivity contribution in [2.24, 2.45) is 4.99 Å². The maximum atomic E-state index is 11.4. The summed E-state index contributed by atoms with van der Waals surface area (Å²) in [6, 6.07) is 9.19. The molecule has 0 bridgehead atoms. The zero-order chi connectivity index (χ0) is 9.97. The van der Waals surface area contributed by atoms with Gasteiger partial charge in [0.2, 0.25) is 0 Å². The molecule has 1 aliphatic rings. The van der Waals surface area contributed by atoms with E-state index in [-0.39, 0.29) is 19.1 Å². The SMILES string of the molecule is O=C1CN=C(CO)N1c1ccccc1. The van der Waals surface area contributed by atoms with Crippen LogP contribution in [0.3, 0.4) is 0 Å². The quantitative estimate of drug-likeness (QED) is 0.735. The molecule has 0 aromatic heterocycles. The number of aliphatic hydroxyl groups is 1. The number of hydrogen-bond acceptors (Lipinski definition) is 3. The summed E-state index contributed by atoms with van der Waals surface area (Å²) in [5.41, 5.74) is 0.753. The van der Waals surface area contributed by atoms with Gasteiger partial charge >= 0.3 is 0 Å². The molecular weight excluding hydrogens is 180 g/mol. The van der Waals surface area contributed by atoms with Gasteiger partial charge in [-0.05, 0) is 12.1 Å². The Morgan fingerprint density at radius 3 is 2.71 bits per heavy atom. The second-order valence-electron chi connectivity index (χ2n) is 2.96. The predicted molar refractivity (Wildman–Crippen MR) is 53.3 cm³/mol. The van der Waals surface area contributed by atoms with Crippen molar-refractivity contribution >= 4 is 17.4 Å². The van der Waals surface area contributed by atoms with Gasteiger partial charge in [-0.3, -0.25) is 14.7 Å². The Morgan fingerprint density at radius 2 is 2.07 bits per heavy atom. The lowest BCUT2D eigenvalue weighted by Gasteiger charge is -2.16. The van der Waals surface area contributed by atoms with E-state index in [2.05, 4.69) is 4.99 Å². The summed E-state index contributed by atoms with van der Waals surface area (Å²) >= 11 is 0. The van der Waals surface area contributed by atoms with Crippen LogP contribution < -0.4 is 4.90 Å². The molecule has 0 aliphatic carbocycles. The minimum atomic E-state index is -0.208. The summed E-state index contributed by atoms with van der Waals surface area (Å²) in [7, 11) is 0. The van der Waals surface area contributed by atoms with E-state index in [4.69, 9.17) is 5.11 Å². The van der Waals surface area contributed by atoms with Crippen molar-refractivity contribution in [3.63, 3.8) is 0 Å². The zero-order valence-electron chi connectivity index (χ0n) is 7.55. The van der Waals surface area contributed by atoms with E-state index in [1.165, 1.54) is 4.90 Å². The molecule has 0 spiro atoms. The van der Waals surface area contributed by atoms with Crippen LogP contribution in [-0.4, -0.2) is 30.0 Å². The molecule has 0 radical (unpaired) electrons. The molecule has 2 rings (SSSR count). The minimum absolute atomic E-state index is 0.0970. The van der Waals surface area contributed by atoms with Crippen molar-refractivity contribution in [2.45, 2.75) is 0 Å². The molecule has 1 amide bonds. The van der Waals surface area contributed by atoms with Gasteiger partial charge < -0.3 is 5.11 Å². The molecular formula is C10H10N2O2. The van der Waals surface area contributed by atoms with Gasteiger partial charge in [0.05, 0.1) is 5.69 Å². The molecule has 4 nitrogen and oxygen atoms in total. The molecule has 1 heterocycles. The normalized spacial score (nSPS) is 15.9. The molecule has 1 aromatic rings. The summed E-state index contributed by atoms with van der Waals surface area (Å²) in [5, 5.41) is 8.99. The Hall–Kier alpha value is -1.68. The van der Waals surface area contributed by atoms with Gasteiger partial charge in [0.1, 0.15) is 19.0 Å². The third kappa shape index (κ3) is 1.40. The van der Waals surface area contributed by atoms with E-state index in [1.54, 1.807) is 0 Å². The number of aliphatic imine (C=N–C) groups is 1. The van der Waals surface area contributed by atoms with Crippen molar-refractivity contribution in [2.75, 3.05) is 18.1 Å². The van der Waals surface area contributed by atoms with Crippen LogP contribution in [0.1, 0.15) is 0 Å². The third-order valence-corrected chi connectivity index (χ3v) is 2.06. The van der Waals surface area contributed by atoms with Crippen molar-refractivity contribution < 1.29 is 9.90 Å².